The molecule has 1 amide bonds. The molecule has 0 N–H and O–H groups in total. The van der Waals surface area contributed by atoms with Crippen LogP contribution in [0.15, 0.2) is 42.7 Å². The Bertz CT molecular complexity index is 659. The van der Waals surface area contributed by atoms with Crippen molar-refractivity contribution < 1.29 is 9.18 Å². The first kappa shape index (κ1) is 14.0. The highest BCUT2D eigenvalue weighted by Gasteiger charge is 2.33. The van der Waals surface area contributed by atoms with Crippen LogP contribution in [0.3, 0.4) is 0 Å². The van der Waals surface area contributed by atoms with Crippen LogP contribution in [0.2, 0.25) is 5.02 Å². The fourth-order valence-corrected chi connectivity index (χ4v) is 2.50. The van der Waals surface area contributed by atoms with E-state index >= 15 is 0 Å². The van der Waals surface area contributed by atoms with Gasteiger partial charge in [-0.2, -0.15) is 0 Å². The third-order valence-electron chi connectivity index (χ3n) is 3.51. The molecule has 0 unspecified atom stereocenters. The number of rotatable bonds is 4. The maximum Gasteiger partial charge on any atom is 0.255 e. The van der Waals surface area contributed by atoms with Crippen LogP contribution < -0.4 is 0 Å². The lowest BCUT2D eigenvalue weighted by Gasteiger charge is -2.23. The number of amides is 1. The Morgan fingerprint density at radius 3 is 2.62 bits per heavy atom. The largest absolute Gasteiger partial charge is 0.331 e. The Hall–Kier alpha value is -1.94. The van der Waals surface area contributed by atoms with E-state index in [2.05, 4.69) is 4.98 Å². The topological polar surface area (TPSA) is 33.2 Å². The molecule has 1 aliphatic carbocycles. The van der Waals surface area contributed by atoms with Crippen molar-refractivity contribution in [1.82, 2.24) is 9.88 Å². The molecule has 3 rings (SSSR count). The van der Waals surface area contributed by atoms with Crippen LogP contribution in [0, 0.1) is 5.82 Å². The summed E-state index contributed by atoms with van der Waals surface area (Å²) < 4.78 is 13.1. The summed E-state index contributed by atoms with van der Waals surface area (Å²) in [6.45, 7) is 0.514. The molecule has 0 spiro atoms. The van der Waals surface area contributed by atoms with Crippen molar-refractivity contribution >= 4 is 17.5 Å². The van der Waals surface area contributed by atoms with Crippen molar-refractivity contribution in [2.24, 2.45) is 0 Å². The molecular formula is C16H14ClFN2O. The van der Waals surface area contributed by atoms with Crippen molar-refractivity contribution in [2.75, 3.05) is 0 Å². The van der Waals surface area contributed by atoms with Gasteiger partial charge in [0.25, 0.3) is 5.91 Å². The molecule has 0 bridgehead atoms. The lowest BCUT2D eigenvalue weighted by Crippen LogP contribution is -2.32. The molecule has 0 aliphatic heterocycles. The molecule has 0 saturated heterocycles. The predicted octanol–water partition coefficient (Wildman–Crippen LogP) is 3.68. The van der Waals surface area contributed by atoms with Gasteiger partial charge in [-0.3, -0.25) is 9.78 Å². The van der Waals surface area contributed by atoms with Crippen molar-refractivity contribution in [2.45, 2.75) is 25.4 Å². The number of halogens is 2. The lowest BCUT2D eigenvalue weighted by molar-refractivity contribution is 0.0730. The highest BCUT2D eigenvalue weighted by atomic mass is 35.5. The van der Waals surface area contributed by atoms with Crippen molar-refractivity contribution in [3.8, 4) is 0 Å². The fourth-order valence-electron chi connectivity index (χ4n) is 2.26. The van der Waals surface area contributed by atoms with Crippen molar-refractivity contribution in [3.05, 3.63) is 64.7 Å². The third kappa shape index (κ3) is 3.22. The van der Waals surface area contributed by atoms with Crippen LogP contribution in [-0.2, 0) is 6.54 Å². The minimum atomic E-state index is -0.441. The molecule has 108 valence electrons. The number of benzene rings is 1. The van der Waals surface area contributed by atoms with Gasteiger partial charge in [-0.15, -0.1) is 0 Å². The molecule has 1 fully saturated rings. The zero-order valence-corrected chi connectivity index (χ0v) is 12.1. The Kier molecular flexibility index (Phi) is 3.88. The highest BCUT2D eigenvalue weighted by Crippen LogP contribution is 2.31. The number of carbonyl (C=O) groups is 1. The lowest BCUT2D eigenvalue weighted by atomic mass is 10.1. The second-order valence-corrected chi connectivity index (χ2v) is 5.55. The Morgan fingerprint density at radius 2 is 2.00 bits per heavy atom. The molecule has 3 nitrogen and oxygen atoms in total. The molecule has 0 atom stereocenters. The molecule has 0 radical (unpaired) electrons. The third-order valence-corrected chi connectivity index (χ3v) is 3.83. The monoisotopic (exact) mass is 304 g/mol. The van der Waals surface area contributed by atoms with E-state index in [4.69, 9.17) is 11.6 Å². The molecule has 1 aromatic carbocycles. The second-order valence-electron chi connectivity index (χ2n) is 5.14. The first-order chi connectivity index (χ1) is 10.1. The van der Waals surface area contributed by atoms with Gasteiger partial charge in [-0.25, -0.2) is 4.39 Å². The highest BCUT2D eigenvalue weighted by molar-refractivity contribution is 6.33. The van der Waals surface area contributed by atoms with E-state index in [-0.39, 0.29) is 17.0 Å². The normalized spacial score (nSPS) is 14.0. The Morgan fingerprint density at radius 1 is 1.29 bits per heavy atom. The van der Waals surface area contributed by atoms with Crippen LogP contribution in [0.5, 0.6) is 0 Å². The van der Waals surface area contributed by atoms with E-state index in [9.17, 15) is 9.18 Å². The van der Waals surface area contributed by atoms with E-state index in [0.717, 1.165) is 18.4 Å². The number of pyridine rings is 1. The first-order valence-electron chi connectivity index (χ1n) is 6.80. The van der Waals surface area contributed by atoms with Crippen LogP contribution in [0.4, 0.5) is 4.39 Å². The van der Waals surface area contributed by atoms with Gasteiger partial charge in [-0.05, 0) is 48.7 Å². The van der Waals surface area contributed by atoms with Gasteiger partial charge in [0.15, 0.2) is 0 Å². The smallest absolute Gasteiger partial charge is 0.255 e. The summed E-state index contributed by atoms with van der Waals surface area (Å²) in [4.78, 5) is 18.4. The van der Waals surface area contributed by atoms with Gasteiger partial charge in [0.2, 0.25) is 0 Å². The summed E-state index contributed by atoms with van der Waals surface area (Å²) in [6, 6.07) is 7.89. The fraction of sp³-hybridized carbons (Fsp3) is 0.250. The van der Waals surface area contributed by atoms with Gasteiger partial charge in [-0.1, -0.05) is 11.6 Å². The van der Waals surface area contributed by atoms with Crippen LogP contribution in [-0.4, -0.2) is 21.8 Å². The number of carbonyl (C=O) groups excluding carboxylic acids is 1. The molecule has 21 heavy (non-hydrogen) atoms. The summed E-state index contributed by atoms with van der Waals surface area (Å²) in [6.07, 6.45) is 5.40. The quantitative estimate of drug-likeness (QED) is 0.863. The summed E-state index contributed by atoms with van der Waals surface area (Å²) in [7, 11) is 0. The molecule has 1 aromatic heterocycles. The molecule has 1 heterocycles. The number of nitrogens with zero attached hydrogens (tertiary/aromatic N) is 2. The van der Waals surface area contributed by atoms with E-state index in [1.807, 2.05) is 12.1 Å². The van der Waals surface area contributed by atoms with Gasteiger partial charge in [0.05, 0.1) is 10.6 Å². The second kappa shape index (κ2) is 5.82. The predicted molar refractivity (Wildman–Crippen MR) is 78.5 cm³/mol. The van der Waals surface area contributed by atoms with Gasteiger partial charge in [0, 0.05) is 25.0 Å². The average Bonchev–Trinajstić information content (AvgIpc) is 3.30. The molecule has 1 saturated carbocycles. The first-order valence-corrected chi connectivity index (χ1v) is 7.18. The van der Waals surface area contributed by atoms with E-state index in [0.29, 0.717) is 12.1 Å². The van der Waals surface area contributed by atoms with E-state index in [1.165, 1.54) is 18.2 Å². The van der Waals surface area contributed by atoms with E-state index in [1.54, 1.807) is 17.3 Å². The summed E-state index contributed by atoms with van der Waals surface area (Å²) in [5, 5.41) is 0.153. The van der Waals surface area contributed by atoms with Gasteiger partial charge < -0.3 is 4.90 Å². The molecule has 2 aromatic rings. The SMILES string of the molecule is O=C(c1ccc(F)cc1Cl)N(Cc1ccncc1)C1CC1. The Labute approximate surface area is 127 Å². The number of hydrogen-bond donors (Lipinski definition) is 0. The standard InChI is InChI=1S/C16H14ClFN2O/c17-15-9-12(18)1-4-14(15)16(21)20(13-2-3-13)10-11-5-7-19-8-6-11/h1,4-9,13H,2-3,10H2. The zero-order valence-electron chi connectivity index (χ0n) is 11.3. The average molecular weight is 305 g/mol. The van der Waals surface area contributed by atoms with Gasteiger partial charge >= 0.3 is 0 Å². The van der Waals surface area contributed by atoms with Crippen LogP contribution >= 0.6 is 11.6 Å². The number of hydrogen-bond acceptors (Lipinski definition) is 2. The summed E-state index contributed by atoms with van der Waals surface area (Å²) in [5.74, 6) is -0.594. The summed E-state index contributed by atoms with van der Waals surface area (Å²) >= 11 is 6.00. The van der Waals surface area contributed by atoms with E-state index < -0.39 is 5.82 Å². The molecule has 1 aliphatic rings. The Balaban J connectivity index is 1.85. The van der Waals surface area contributed by atoms with Gasteiger partial charge in [0.1, 0.15) is 5.82 Å². The maximum absolute atomic E-state index is 13.1. The van der Waals surface area contributed by atoms with Crippen molar-refractivity contribution in [1.29, 1.82) is 0 Å². The van der Waals surface area contributed by atoms with Crippen LogP contribution in [0.1, 0.15) is 28.8 Å². The maximum atomic E-state index is 13.1. The molecule has 5 heteroatoms. The molecular weight excluding hydrogens is 291 g/mol. The number of aromatic nitrogens is 1. The minimum absolute atomic E-state index is 0.153. The minimum Gasteiger partial charge on any atom is -0.331 e. The zero-order chi connectivity index (χ0) is 14.8. The van der Waals surface area contributed by atoms with Crippen LogP contribution in [0.25, 0.3) is 0 Å². The summed E-state index contributed by atoms with van der Waals surface area (Å²) in [5.41, 5.74) is 1.36. The van der Waals surface area contributed by atoms with Crippen molar-refractivity contribution in [3.63, 3.8) is 0 Å².